The van der Waals surface area contributed by atoms with Gasteiger partial charge in [-0.25, -0.2) is 0 Å². The molecule has 0 spiro atoms. The fourth-order valence-electron chi connectivity index (χ4n) is 1.95. The Morgan fingerprint density at radius 2 is 1.86 bits per heavy atom. The fourth-order valence-corrected chi connectivity index (χ4v) is 2.37. The molecule has 21 heavy (non-hydrogen) atoms. The van der Waals surface area contributed by atoms with Gasteiger partial charge in [0.15, 0.2) is 0 Å². The molecule has 0 aliphatic rings. The minimum atomic E-state index is -2.79. The van der Waals surface area contributed by atoms with Crippen LogP contribution in [-0.4, -0.2) is 6.61 Å². The van der Waals surface area contributed by atoms with Crippen molar-refractivity contribution in [2.75, 3.05) is 0 Å². The second-order valence-corrected chi connectivity index (χ2v) is 5.60. The van der Waals surface area contributed by atoms with Crippen molar-refractivity contribution < 1.29 is 13.5 Å². The predicted octanol–water partition coefficient (Wildman–Crippen LogP) is 4.90. The van der Waals surface area contributed by atoms with Crippen LogP contribution in [0.15, 0.2) is 53.0 Å². The number of benzene rings is 2. The van der Waals surface area contributed by atoms with Gasteiger partial charge in [-0.2, -0.15) is 8.78 Å². The van der Waals surface area contributed by atoms with Crippen LogP contribution >= 0.6 is 15.9 Å². The first-order valence-electron chi connectivity index (χ1n) is 6.57. The molecule has 112 valence electrons. The van der Waals surface area contributed by atoms with Crippen molar-refractivity contribution in [3.8, 4) is 5.75 Å². The van der Waals surface area contributed by atoms with Gasteiger partial charge in [-0.05, 0) is 42.3 Å². The van der Waals surface area contributed by atoms with Gasteiger partial charge in [-0.3, -0.25) is 0 Å². The van der Waals surface area contributed by atoms with E-state index in [1.807, 2.05) is 12.1 Å². The molecule has 2 nitrogen and oxygen atoms in total. The Balaban J connectivity index is 1.90. The van der Waals surface area contributed by atoms with Gasteiger partial charge >= 0.3 is 6.61 Å². The normalized spacial score (nSPS) is 12.4. The summed E-state index contributed by atoms with van der Waals surface area (Å²) in [5, 5.41) is 3.39. The molecule has 0 aromatic heterocycles. The molecule has 1 N–H and O–H groups in total. The smallest absolute Gasteiger partial charge is 0.387 e. The third-order valence-electron chi connectivity index (χ3n) is 3.11. The SMILES string of the molecule is CC(NCc1ccc(OC(F)F)cc1)c1cccc(Br)c1. The molecule has 2 rings (SSSR count). The van der Waals surface area contributed by atoms with E-state index < -0.39 is 6.61 Å². The molecule has 0 heterocycles. The van der Waals surface area contributed by atoms with Crippen molar-refractivity contribution in [3.63, 3.8) is 0 Å². The van der Waals surface area contributed by atoms with E-state index in [0.29, 0.717) is 6.54 Å². The summed E-state index contributed by atoms with van der Waals surface area (Å²) >= 11 is 3.45. The predicted molar refractivity (Wildman–Crippen MR) is 82.5 cm³/mol. The van der Waals surface area contributed by atoms with Crippen LogP contribution in [0.1, 0.15) is 24.1 Å². The number of hydrogen-bond acceptors (Lipinski definition) is 2. The zero-order chi connectivity index (χ0) is 15.2. The van der Waals surface area contributed by atoms with Gasteiger partial charge < -0.3 is 10.1 Å². The molecule has 1 atom stereocenters. The molecule has 1 unspecified atom stereocenters. The Bertz CT molecular complexity index is 575. The van der Waals surface area contributed by atoms with Crippen LogP contribution in [0.25, 0.3) is 0 Å². The molecular weight excluding hydrogens is 340 g/mol. The summed E-state index contributed by atoms with van der Waals surface area (Å²) in [6.07, 6.45) is 0. The Hall–Kier alpha value is -1.46. The van der Waals surface area contributed by atoms with E-state index in [9.17, 15) is 8.78 Å². The average Bonchev–Trinajstić information content (AvgIpc) is 2.45. The molecule has 0 radical (unpaired) electrons. The molecule has 0 aliphatic carbocycles. The Morgan fingerprint density at radius 1 is 1.14 bits per heavy atom. The van der Waals surface area contributed by atoms with Crippen molar-refractivity contribution in [2.45, 2.75) is 26.1 Å². The first-order chi connectivity index (χ1) is 10.0. The van der Waals surface area contributed by atoms with E-state index in [1.54, 1.807) is 24.3 Å². The minimum absolute atomic E-state index is 0.175. The molecule has 0 amide bonds. The van der Waals surface area contributed by atoms with Crippen LogP contribution in [0.5, 0.6) is 5.75 Å². The molecule has 2 aromatic carbocycles. The number of alkyl halides is 2. The Morgan fingerprint density at radius 3 is 2.48 bits per heavy atom. The van der Waals surface area contributed by atoms with Crippen molar-refractivity contribution in [3.05, 3.63) is 64.1 Å². The number of nitrogens with one attached hydrogen (secondary N) is 1. The number of ether oxygens (including phenoxy) is 1. The van der Waals surface area contributed by atoms with Gasteiger partial charge in [-0.15, -0.1) is 0 Å². The van der Waals surface area contributed by atoms with Crippen LogP contribution in [0.3, 0.4) is 0 Å². The summed E-state index contributed by atoms with van der Waals surface area (Å²) in [7, 11) is 0. The highest BCUT2D eigenvalue weighted by Gasteiger charge is 2.06. The molecule has 0 aliphatic heterocycles. The minimum Gasteiger partial charge on any atom is -0.435 e. The highest BCUT2D eigenvalue weighted by molar-refractivity contribution is 9.10. The summed E-state index contributed by atoms with van der Waals surface area (Å²) < 4.78 is 29.5. The largest absolute Gasteiger partial charge is 0.435 e. The van der Waals surface area contributed by atoms with Crippen molar-refractivity contribution in [1.82, 2.24) is 5.32 Å². The van der Waals surface area contributed by atoms with Crippen LogP contribution in [0.4, 0.5) is 8.78 Å². The second kappa shape index (κ2) is 7.52. The Labute approximate surface area is 131 Å². The maximum Gasteiger partial charge on any atom is 0.387 e. The second-order valence-electron chi connectivity index (χ2n) is 4.68. The van der Waals surface area contributed by atoms with Crippen molar-refractivity contribution in [2.24, 2.45) is 0 Å². The molecule has 2 aromatic rings. The number of rotatable bonds is 6. The third kappa shape index (κ3) is 5.10. The number of halogens is 3. The molecule has 0 bridgehead atoms. The maximum atomic E-state index is 12.1. The van der Waals surface area contributed by atoms with E-state index in [0.717, 1.165) is 10.0 Å². The van der Waals surface area contributed by atoms with Crippen LogP contribution < -0.4 is 10.1 Å². The van der Waals surface area contributed by atoms with Crippen LogP contribution in [0.2, 0.25) is 0 Å². The zero-order valence-corrected chi connectivity index (χ0v) is 13.1. The van der Waals surface area contributed by atoms with Crippen LogP contribution in [0, 0.1) is 0 Å². The molecule has 0 saturated heterocycles. The first kappa shape index (κ1) is 15.9. The lowest BCUT2D eigenvalue weighted by Crippen LogP contribution is -2.18. The van der Waals surface area contributed by atoms with Crippen LogP contribution in [-0.2, 0) is 6.54 Å². The van der Waals surface area contributed by atoms with Gasteiger partial charge in [0.2, 0.25) is 0 Å². The van der Waals surface area contributed by atoms with Crippen molar-refractivity contribution >= 4 is 15.9 Å². The molecule has 0 saturated carbocycles. The first-order valence-corrected chi connectivity index (χ1v) is 7.36. The monoisotopic (exact) mass is 355 g/mol. The maximum absolute atomic E-state index is 12.1. The molecule has 0 fully saturated rings. The molecular formula is C16H16BrF2NO. The lowest BCUT2D eigenvalue weighted by atomic mass is 10.1. The summed E-state index contributed by atoms with van der Waals surface area (Å²) in [6.45, 7) is -0.0517. The van der Waals surface area contributed by atoms with Gasteiger partial charge in [0.25, 0.3) is 0 Å². The summed E-state index contributed by atoms with van der Waals surface area (Å²) in [5.41, 5.74) is 2.19. The van der Waals surface area contributed by atoms with Gasteiger partial charge in [0, 0.05) is 17.1 Å². The lowest BCUT2D eigenvalue weighted by molar-refractivity contribution is -0.0498. The van der Waals surface area contributed by atoms with E-state index in [4.69, 9.17) is 0 Å². The van der Waals surface area contributed by atoms with E-state index in [-0.39, 0.29) is 11.8 Å². The van der Waals surface area contributed by atoms with E-state index in [2.05, 4.69) is 45.0 Å². The summed E-state index contributed by atoms with van der Waals surface area (Å²) in [6, 6.07) is 14.9. The standard InChI is InChI=1S/C16H16BrF2NO/c1-11(13-3-2-4-14(17)9-13)20-10-12-5-7-15(8-6-12)21-16(18)19/h2-9,11,16,20H,10H2,1H3. The average molecular weight is 356 g/mol. The summed E-state index contributed by atoms with van der Waals surface area (Å²) in [5.74, 6) is 0.175. The summed E-state index contributed by atoms with van der Waals surface area (Å²) in [4.78, 5) is 0. The topological polar surface area (TPSA) is 21.3 Å². The highest BCUT2D eigenvalue weighted by atomic mass is 79.9. The van der Waals surface area contributed by atoms with Gasteiger partial charge in [0.1, 0.15) is 5.75 Å². The van der Waals surface area contributed by atoms with E-state index >= 15 is 0 Å². The molecule has 5 heteroatoms. The zero-order valence-electron chi connectivity index (χ0n) is 11.5. The quantitative estimate of drug-likeness (QED) is 0.795. The fraction of sp³-hybridized carbons (Fsp3) is 0.250. The highest BCUT2D eigenvalue weighted by Crippen LogP contribution is 2.19. The lowest BCUT2D eigenvalue weighted by Gasteiger charge is -2.15. The Kier molecular flexibility index (Phi) is 5.70. The van der Waals surface area contributed by atoms with Gasteiger partial charge in [0.05, 0.1) is 0 Å². The van der Waals surface area contributed by atoms with E-state index in [1.165, 1.54) is 5.56 Å². The van der Waals surface area contributed by atoms with Gasteiger partial charge in [-0.1, -0.05) is 40.2 Å². The third-order valence-corrected chi connectivity index (χ3v) is 3.60. The number of hydrogen-bond donors (Lipinski definition) is 1. The van der Waals surface area contributed by atoms with Crippen molar-refractivity contribution in [1.29, 1.82) is 0 Å².